The molecule has 0 spiro atoms. The molecule has 1 aromatic rings. The zero-order valence-corrected chi connectivity index (χ0v) is 8.87. The zero-order chi connectivity index (χ0) is 10.3. The van der Waals surface area contributed by atoms with Crippen molar-refractivity contribution in [3.63, 3.8) is 0 Å². The third kappa shape index (κ3) is 1.14. The molecule has 0 N–H and O–H groups in total. The lowest BCUT2D eigenvalue weighted by molar-refractivity contribution is 0.0774. The Morgan fingerprint density at radius 2 is 2.21 bits per heavy atom. The fraction of sp³-hybridized carbons (Fsp3) is 0.600. The molecule has 1 aliphatic rings. The minimum Gasteiger partial charge on any atom is -0.340 e. The van der Waals surface area contributed by atoms with E-state index in [2.05, 4.69) is 5.10 Å². The maximum absolute atomic E-state index is 11.7. The Kier molecular flexibility index (Phi) is 2.06. The van der Waals surface area contributed by atoms with E-state index in [1.807, 2.05) is 25.6 Å². The first-order valence-corrected chi connectivity index (χ1v) is 4.97. The fourth-order valence-electron chi connectivity index (χ4n) is 1.92. The first-order valence-electron chi connectivity index (χ1n) is 4.97. The van der Waals surface area contributed by atoms with E-state index in [1.165, 1.54) is 0 Å². The summed E-state index contributed by atoms with van der Waals surface area (Å²) in [5.41, 5.74) is 2.93. The summed E-state index contributed by atoms with van der Waals surface area (Å²) < 4.78 is 1.90. The number of nitrogens with zero attached hydrogens (tertiary/aromatic N) is 3. The lowest BCUT2D eigenvalue weighted by Gasteiger charge is -2.21. The number of hydrogen-bond donors (Lipinski definition) is 0. The molecule has 4 heteroatoms. The van der Waals surface area contributed by atoms with Gasteiger partial charge in [-0.25, -0.2) is 0 Å². The SMILES string of the molecule is CCn1nc2c(c1C)CCN(C)C2=O. The molecular formula is C10H15N3O. The molecule has 0 unspecified atom stereocenters. The molecule has 14 heavy (non-hydrogen) atoms. The Hall–Kier alpha value is -1.32. The lowest BCUT2D eigenvalue weighted by atomic mass is 10.1. The van der Waals surface area contributed by atoms with Crippen molar-refractivity contribution < 1.29 is 4.79 Å². The molecule has 0 atom stereocenters. The summed E-state index contributed by atoms with van der Waals surface area (Å²) in [5.74, 6) is 0.0570. The highest BCUT2D eigenvalue weighted by Crippen LogP contribution is 2.20. The van der Waals surface area contributed by atoms with Gasteiger partial charge in [-0.05, 0) is 20.3 Å². The molecule has 4 nitrogen and oxygen atoms in total. The van der Waals surface area contributed by atoms with Gasteiger partial charge in [-0.1, -0.05) is 0 Å². The number of aromatic nitrogens is 2. The van der Waals surface area contributed by atoms with Crippen molar-refractivity contribution in [3.05, 3.63) is 17.0 Å². The fourth-order valence-corrected chi connectivity index (χ4v) is 1.92. The molecule has 0 aliphatic carbocycles. The molecule has 76 valence electrons. The van der Waals surface area contributed by atoms with E-state index < -0.39 is 0 Å². The smallest absolute Gasteiger partial charge is 0.274 e. The molecule has 0 aromatic carbocycles. The third-order valence-corrected chi connectivity index (χ3v) is 2.88. The van der Waals surface area contributed by atoms with Crippen molar-refractivity contribution in [2.24, 2.45) is 0 Å². The van der Waals surface area contributed by atoms with E-state index in [-0.39, 0.29) is 5.91 Å². The molecule has 2 heterocycles. The van der Waals surface area contributed by atoms with Gasteiger partial charge in [-0.15, -0.1) is 0 Å². The van der Waals surface area contributed by atoms with Gasteiger partial charge in [0.15, 0.2) is 5.69 Å². The molecule has 0 saturated heterocycles. The van der Waals surface area contributed by atoms with Crippen LogP contribution < -0.4 is 0 Å². The van der Waals surface area contributed by atoms with E-state index in [9.17, 15) is 4.79 Å². The van der Waals surface area contributed by atoms with Crippen molar-refractivity contribution in [1.82, 2.24) is 14.7 Å². The quantitative estimate of drug-likeness (QED) is 0.663. The first-order chi connectivity index (χ1) is 6.65. The van der Waals surface area contributed by atoms with Crippen molar-refractivity contribution in [2.75, 3.05) is 13.6 Å². The largest absolute Gasteiger partial charge is 0.340 e. The highest BCUT2D eigenvalue weighted by molar-refractivity contribution is 5.94. The topological polar surface area (TPSA) is 38.1 Å². The zero-order valence-electron chi connectivity index (χ0n) is 8.87. The van der Waals surface area contributed by atoms with Gasteiger partial charge in [-0.3, -0.25) is 9.48 Å². The normalized spacial score (nSPS) is 15.9. The number of aryl methyl sites for hydroxylation is 1. The van der Waals surface area contributed by atoms with Gasteiger partial charge in [-0.2, -0.15) is 5.10 Å². The van der Waals surface area contributed by atoms with E-state index >= 15 is 0 Å². The summed E-state index contributed by atoms with van der Waals surface area (Å²) in [6.07, 6.45) is 0.934. The molecule has 0 saturated carbocycles. The predicted molar refractivity (Wildman–Crippen MR) is 53.3 cm³/mol. The Labute approximate surface area is 83.5 Å². The second-order valence-electron chi connectivity index (χ2n) is 3.71. The number of hydrogen-bond acceptors (Lipinski definition) is 2. The van der Waals surface area contributed by atoms with Gasteiger partial charge in [0.25, 0.3) is 5.91 Å². The molecule has 1 aliphatic heterocycles. The number of carbonyl (C=O) groups is 1. The van der Waals surface area contributed by atoms with E-state index in [4.69, 9.17) is 0 Å². The van der Waals surface area contributed by atoms with E-state index in [1.54, 1.807) is 4.90 Å². The Morgan fingerprint density at radius 3 is 2.86 bits per heavy atom. The van der Waals surface area contributed by atoms with Crippen molar-refractivity contribution in [1.29, 1.82) is 0 Å². The van der Waals surface area contributed by atoms with Gasteiger partial charge < -0.3 is 4.90 Å². The summed E-state index contributed by atoms with van der Waals surface area (Å²) in [5, 5.41) is 4.33. The standard InChI is InChI=1S/C10H15N3O/c1-4-13-7(2)8-5-6-12(3)10(14)9(8)11-13/h4-6H2,1-3H3. The van der Waals surface area contributed by atoms with Crippen molar-refractivity contribution in [3.8, 4) is 0 Å². The van der Waals surface area contributed by atoms with Crippen molar-refractivity contribution >= 4 is 5.91 Å². The monoisotopic (exact) mass is 193 g/mol. The van der Waals surface area contributed by atoms with Crippen molar-refractivity contribution in [2.45, 2.75) is 26.8 Å². The van der Waals surface area contributed by atoms with Crippen LogP contribution in [0.1, 0.15) is 28.7 Å². The van der Waals surface area contributed by atoms with Gasteiger partial charge in [0.2, 0.25) is 0 Å². The Morgan fingerprint density at radius 1 is 1.50 bits per heavy atom. The maximum Gasteiger partial charge on any atom is 0.274 e. The van der Waals surface area contributed by atoms with Crippen LogP contribution in [0.5, 0.6) is 0 Å². The molecule has 1 amide bonds. The average molecular weight is 193 g/mol. The number of carbonyl (C=O) groups excluding carboxylic acids is 1. The molecule has 1 aromatic heterocycles. The number of rotatable bonds is 1. The highest BCUT2D eigenvalue weighted by atomic mass is 16.2. The number of amides is 1. The molecule has 2 rings (SSSR count). The van der Waals surface area contributed by atoms with Gasteiger partial charge in [0.1, 0.15) is 0 Å². The molecule has 0 radical (unpaired) electrons. The van der Waals surface area contributed by atoms with Crippen LogP contribution in [-0.4, -0.2) is 34.2 Å². The van der Waals surface area contributed by atoms with Gasteiger partial charge in [0, 0.05) is 31.4 Å². The number of likely N-dealkylation sites (N-methyl/N-ethyl adjacent to an activating group) is 1. The maximum atomic E-state index is 11.7. The molecular weight excluding hydrogens is 178 g/mol. The van der Waals surface area contributed by atoms with Crippen LogP contribution >= 0.6 is 0 Å². The van der Waals surface area contributed by atoms with Crippen LogP contribution in [0.4, 0.5) is 0 Å². The predicted octanol–water partition coefficient (Wildman–Crippen LogP) is 0.840. The third-order valence-electron chi connectivity index (χ3n) is 2.88. The minimum atomic E-state index is 0.0570. The highest BCUT2D eigenvalue weighted by Gasteiger charge is 2.27. The summed E-state index contributed by atoms with van der Waals surface area (Å²) in [7, 11) is 1.82. The summed E-state index contributed by atoms with van der Waals surface area (Å²) in [6.45, 7) is 5.71. The van der Waals surface area contributed by atoms with E-state index in [0.29, 0.717) is 5.69 Å². The Bertz CT molecular complexity index is 381. The average Bonchev–Trinajstić information content (AvgIpc) is 2.50. The van der Waals surface area contributed by atoms with Crippen LogP contribution in [0.15, 0.2) is 0 Å². The van der Waals surface area contributed by atoms with Crippen LogP contribution in [-0.2, 0) is 13.0 Å². The van der Waals surface area contributed by atoms with Crippen LogP contribution in [0, 0.1) is 6.92 Å². The Balaban J connectivity index is 2.52. The first kappa shape index (κ1) is 9.24. The van der Waals surface area contributed by atoms with Gasteiger partial charge in [0.05, 0.1) is 0 Å². The summed E-state index contributed by atoms with van der Waals surface area (Å²) in [4.78, 5) is 13.5. The molecule has 0 fully saturated rings. The van der Waals surface area contributed by atoms with Gasteiger partial charge >= 0.3 is 0 Å². The number of fused-ring (bicyclic) bond motifs is 1. The minimum absolute atomic E-state index is 0.0570. The summed E-state index contributed by atoms with van der Waals surface area (Å²) in [6, 6.07) is 0. The van der Waals surface area contributed by atoms with E-state index in [0.717, 1.165) is 30.8 Å². The molecule has 0 bridgehead atoms. The van der Waals surface area contributed by atoms with Crippen LogP contribution in [0.25, 0.3) is 0 Å². The second kappa shape index (κ2) is 3.12. The summed E-state index contributed by atoms with van der Waals surface area (Å²) >= 11 is 0. The second-order valence-corrected chi connectivity index (χ2v) is 3.71. The lowest BCUT2D eigenvalue weighted by Crippen LogP contribution is -2.34. The van der Waals surface area contributed by atoms with Crippen LogP contribution in [0.3, 0.4) is 0 Å². The van der Waals surface area contributed by atoms with Crippen LogP contribution in [0.2, 0.25) is 0 Å².